The van der Waals surface area contributed by atoms with Crippen LogP contribution in [0.15, 0.2) is 46.6 Å². The van der Waals surface area contributed by atoms with Crippen LogP contribution in [0, 0.1) is 0 Å². The molecule has 0 aliphatic carbocycles. The Kier molecular flexibility index (Phi) is 4.30. The topological polar surface area (TPSA) is 57.5 Å². The number of fused-ring (bicyclic) bond motifs is 3. The van der Waals surface area contributed by atoms with E-state index in [-0.39, 0.29) is 5.56 Å². The molecule has 1 aliphatic heterocycles. The van der Waals surface area contributed by atoms with Crippen molar-refractivity contribution in [3.63, 3.8) is 0 Å². The number of thiophene rings is 1. The molecule has 0 saturated heterocycles. The highest BCUT2D eigenvalue weighted by atomic mass is 35.5. The Bertz CT molecular complexity index is 1070. The van der Waals surface area contributed by atoms with Crippen LogP contribution in [-0.4, -0.2) is 17.8 Å². The third-order valence-corrected chi connectivity index (χ3v) is 5.51. The summed E-state index contributed by atoms with van der Waals surface area (Å²) in [6.45, 7) is 0.518. The SMILES string of the molecule is COC(=O)Oc1cc(-c2cccc(Cl)c2)c(=O)n2c1-c1sccc1CC2. The molecule has 0 unspecified atom stereocenters. The Morgan fingerprint density at radius 1 is 1.27 bits per heavy atom. The number of aryl methyl sites for hydroxylation is 1. The number of rotatable bonds is 2. The molecule has 0 spiro atoms. The first-order valence-corrected chi connectivity index (χ1v) is 9.20. The molecule has 3 aromatic rings. The van der Waals surface area contributed by atoms with Crippen LogP contribution in [0.2, 0.25) is 5.02 Å². The number of methoxy groups -OCH3 is 1. The molecule has 0 N–H and O–H groups in total. The Morgan fingerprint density at radius 2 is 2.12 bits per heavy atom. The molecule has 1 aromatic carbocycles. The maximum Gasteiger partial charge on any atom is 0.513 e. The number of aromatic nitrogens is 1. The molecule has 0 amide bonds. The first-order chi connectivity index (χ1) is 12.6. The molecule has 3 heterocycles. The molecule has 0 radical (unpaired) electrons. The van der Waals surface area contributed by atoms with Gasteiger partial charge in [-0.05, 0) is 47.2 Å². The normalized spacial score (nSPS) is 12.2. The lowest BCUT2D eigenvalue weighted by Gasteiger charge is -2.22. The van der Waals surface area contributed by atoms with E-state index in [1.165, 1.54) is 18.4 Å². The Morgan fingerprint density at radius 3 is 2.88 bits per heavy atom. The number of ether oxygens (including phenoxy) is 2. The van der Waals surface area contributed by atoms with Gasteiger partial charge in [-0.1, -0.05) is 23.7 Å². The van der Waals surface area contributed by atoms with Gasteiger partial charge in [0.05, 0.1) is 17.6 Å². The number of halogens is 1. The average molecular weight is 388 g/mol. The maximum atomic E-state index is 13.1. The third-order valence-electron chi connectivity index (χ3n) is 4.32. The zero-order valence-electron chi connectivity index (χ0n) is 13.8. The minimum absolute atomic E-state index is 0.140. The predicted octanol–water partition coefficient (Wildman–Crippen LogP) is 4.60. The van der Waals surface area contributed by atoms with Gasteiger partial charge in [0.1, 0.15) is 5.69 Å². The summed E-state index contributed by atoms with van der Waals surface area (Å²) in [6, 6.07) is 10.7. The van der Waals surface area contributed by atoms with Gasteiger partial charge in [0.2, 0.25) is 0 Å². The van der Waals surface area contributed by atoms with Crippen LogP contribution in [-0.2, 0) is 17.7 Å². The minimum atomic E-state index is -0.827. The summed E-state index contributed by atoms with van der Waals surface area (Å²) in [5.74, 6) is 0.301. The monoisotopic (exact) mass is 387 g/mol. The fraction of sp³-hybridized carbons (Fsp3) is 0.158. The standard InChI is InChI=1S/C19H14ClNO4S/c1-24-19(23)25-15-10-14(12-3-2-4-13(20)9-12)18(22)21-7-5-11-6-8-26-17(11)16(15)21/h2-4,6,8-10H,5,7H2,1H3. The smallest absolute Gasteiger partial charge is 0.437 e. The van der Waals surface area contributed by atoms with Gasteiger partial charge in [0.25, 0.3) is 5.56 Å². The number of benzene rings is 1. The number of nitrogens with zero attached hydrogens (tertiary/aromatic N) is 1. The quantitative estimate of drug-likeness (QED) is 0.603. The van der Waals surface area contributed by atoms with Crippen molar-refractivity contribution in [1.29, 1.82) is 0 Å². The summed E-state index contributed by atoms with van der Waals surface area (Å²) in [6.07, 6.45) is -0.0743. The van der Waals surface area contributed by atoms with Crippen LogP contribution >= 0.6 is 22.9 Å². The van der Waals surface area contributed by atoms with Gasteiger partial charge in [-0.25, -0.2) is 4.79 Å². The van der Waals surface area contributed by atoms with Crippen molar-refractivity contribution in [1.82, 2.24) is 4.57 Å². The van der Waals surface area contributed by atoms with Crippen molar-refractivity contribution in [3.05, 3.63) is 62.7 Å². The van der Waals surface area contributed by atoms with Crippen molar-refractivity contribution in [2.45, 2.75) is 13.0 Å². The second-order valence-electron chi connectivity index (χ2n) is 5.82. The molecule has 2 aromatic heterocycles. The molecular weight excluding hydrogens is 374 g/mol. The fourth-order valence-corrected chi connectivity index (χ4v) is 4.34. The summed E-state index contributed by atoms with van der Waals surface area (Å²) >= 11 is 7.59. The molecule has 4 rings (SSSR count). The van der Waals surface area contributed by atoms with Crippen molar-refractivity contribution in [2.24, 2.45) is 0 Å². The number of hydrogen-bond acceptors (Lipinski definition) is 5. The van der Waals surface area contributed by atoms with Crippen LogP contribution in [0.25, 0.3) is 21.7 Å². The number of pyridine rings is 1. The molecule has 26 heavy (non-hydrogen) atoms. The Labute approximate surface area is 158 Å². The van der Waals surface area contributed by atoms with E-state index in [0.717, 1.165) is 16.9 Å². The Hall–Kier alpha value is -2.57. The first-order valence-electron chi connectivity index (χ1n) is 7.95. The number of hydrogen-bond donors (Lipinski definition) is 0. The molecule has 1 aliphatic rings. The first kappa shape index (κ1) is 16.9. The highest BCUT2D eigenvalue weighted by Gasteiger charge is 2.26. The minimum Gasteiger partial charge on any atom is -0.437 e. The molecule has 5 nitrogen and oxygen atoms in total. The van der Waals surface area contributed by atoms with Crippen LogP contribution in [0.5, 0.6) is 5.75 Å². The number of carbonyl (C=O) groups is 1. The van der Waals surface area contributed by atoms with Gasteiger partial charge in [0, 0.05) is 11.6 Å². The summed E-state index contributed by atoms with van der Waals surface area (Å²) in [5.41, 5.74) is 2.71. The third kappa shape index (κ3) is 2.81. The molecule has 0 fully saturated rings. The largest absolute Gasteiger partial charge is 0.513 e. The van der Waals surface area contributed by atoms with Gasteiger partial charge in [-0.3, -0.25) is 4.79 Å². The highest BCUT2D eigenvalue weighted by Crippen LogP contribution is 2.40. The summed E-state index contributed by atoms with van der Waals surface area (Å²) < 4.78 is 11.7. The average Bonchev–Trinajstić information content (AvgIpc) is 3.12. The summed E-state index contributed by atoms with van der Waals surface area (Å²) in [4.78, 5) is 25.8. The lowest BCUT2D eigenvalue weighted by Crippen LogP contribution is -2.28. The van der Waals surface area contributed by atoms with Crippen molar-refractivity contribution in [2.75, 3.05) is 7.11 Å². The van der Waals surface area contributed by atoms with Crippen molar-refractivity contribution >= 4 is 29.1 Å². The van der Waals surface area contributed by atoms with E-state index in [0.29, 0.717) is 34.1 Å². The lowest BCUT2D eigenvalue weighted by atomic mass is 10.0. The van der Waals surface area contributed by atoms with E-state index in [4.69, 9.17) is 16.3 Å². The van der Waals surface area contributed by atoms with Crippen molar-refractivity contribution in [3.8, 4) is 27.4 Å². The molecular formula is C19H14ClNO4S. The van der Waals surface area contributed by atoms with Crippen LogP contribution in [0.4, 0.5) is 4.79 Å². The van der Waals surface area contributed by atoms with Gasteiger partial charge >= 0.3 is 6.16 Å². The second-order valence-corrected chi connectivity index (χ2v) is 7.17. The van der Waals surface area contributed by atoms with Crippen LogP contribution < -0.4 is 10.3 Å². The summed E-state index contributed by atoms with van der Waals surface area (Å²) in [5, 5.41) is 2.50. The predicted molar refractivity (Wildman–Crippen MR) is 101 cm³/mol. The molecule has 7 heteroatoms. The van der Waals surface area contributed by atoms with Gasteiger partial charge in [-0.15, -0.1) is 11.3 Å². The van der Waals surface area contributed by atoms with Gasteiger partial charge < -0.3 is 14.0 Å². The molecule has 0 atom stereocenters. The van der Waals surface area contributed by atoms with Crippen LogP contribution in [0.3, 0.4) is 0 Å². The van der Waals surface area contributed by atoms with E-state index in [9.17, 15) is 9.59 Å². The molecule has 132 valence electrons. The fourth-order valence-electron chi connectivity index (χ4n) is 3.13. The summed E-state index contributed by atoms with van der Waals surface area (Å²) in [7, 11) is 1.25. The maximum absolute atomic E-state index is 13.1. The van der Waals surface area contributed by atoms with Gasteiger partial charge in [-0.2, -0.15) is 0 Å². The van der Waals surface area contributed by atoms with E-state index in [2.05, 4.69) is 4.74 Å². The zero-order chi connectivity index (χ0) is 18.3. The van der Waals surface area contributed by atoms with E-state index >= 15 is 0 Å². The molecule has 0 saturated carbocycles. The van der Waals surface area contributed by atoms with E-state index in [1.807, 2.05) is 11.4 Å². The number of carbonyl (C=O) groups excluding carboxylic acids is 1. The molecule has 0 bridgehead atoms. The van der Waals surface area contributed by atoms with Crippen LogP contribution in [0.1, 0.15) is 5.56 Å². The van der Waals surface area contributed by atoms with E-state index in [1.54, 1.807) is 34.9 Å². The second kappa shape index (κ2) is 6.63. The highest BCUT2D eigenvalue weighted by molar-refractivity contribution is 7.13. The van der Waals surface area contributed by atoms with E-state index < -0.39 is 6.16 Å². The Balaban J connectivity index is 1.98. The zero-order valence-corrected chi connectivity index (χ0v) is 15.4. The lowest BCUT2D eigenvalue weighted by molar-refractivity contribution is 0.121. The van der Waals surface area contributed by atoms with Gasteiger partial charge in [0.15, 0.2) is 5.75 Å². The van der Waals surface area contributed by atoms with Crippen molar-refractivity contribution < 1.29 is 14.3 Å².